The third kappa shape index (κ3) is 2.34. The summed E-state index contributed by atoms with van der Waals surface area (Å²) in [5.74, 6) is -4.76. The Bertz CT molecular complexity index is 618. The van der Waals surface area contributed by atoms with Crippen LogP contribution in [0.15, 0.2) is 48.7 Å². The van der Waals surface area contributed by atoms with Crippen LogP contribution in [0, 0.1) is 0 Å². The normalized spacial score (nSPS) is 12.1. The zero-order valence-electron chi connectivity index (χ0n) is 9.18. The molecule has 2 aromatic rings. The van der Waals surface area contributed by atoms with Crippen molar-refractivity contribution in [3.63, 3.8) is 0 Å². The van der Waals surface area contributed by atoms with Crippen LogP contribution in [0.25, 0.3) is 10.9 Å². The van der Waals surface area contributed by atoms with Gasteiger partial charge in [-0.2, -0.15) is 8.78 Å². The first-order valence-electron chi connectivity index (χ1n) is 5.15. The third-order valence-corrected chi connectivity index (χ3v) is 2.44. The van der Waals surface area contributed by atoms with Crippen molar-refractivity contribution in [3.8, 4) is 0 Å². The standard InChI is InChI=1S/C13H9F2NO2/c14-13(15,7-6-12(17)18)10-4-1-5-11-9(10)3-2-8-16-11/h1-8H,(H,17,18)/b7-6+. The molecule has 1 aromatic heterocycles. The lowest BCUT2D eigenvalue weighted by molar-refractivity contribution is -0.131. The maximum Gasteiger partial charge on any atom is 0.328 e. The van der Waals surface area contributed by atoms with E-state index in [-0.39, 0.29) is 5.56 Å². The highest BCUT2D eigenvalue weighted by molar-refractivity contribution is 5.84. The molecule has 92 valence electrons. The molecular formula is C13H9F2NO2. The van der Waals surface area contributed by atoms with Crippen molar-refractivity contribution in [1.29, 1.82) is 0 Å². The van der Waals surface area contributed by atoms with E-state index in [0.717, 1.165) is 0 Å². The van der Waals surface area contributed by atoms with E-state index in [0.29, 0.717) is 23.1 Å². The van der Waals surface area contributed by atoms with Gasteiger partial charge >= 0.3 is 5.97 Å². The summed E-state index contributed by atoms with van der Waals surface area (Å²) in [5, 5.41) is 8.71. The number of carboxylic acid groups (broad SMARTS) is 1. The van der Waals surface area contributed by atoms with Gasteiger partial charge in [0.25, 0.3) is 5.92 Å². The first kappa shape index (κ1) is 12.2. The molecule has 1 heterocycles. The molecule has 0 aliphatic rings. The van der Waals surface area contributed by atoms with E-state index in [9.17, 15) is 13.6 Å². The number of rotatable bonds is 3. The number of halogens is 2. The van der Waals surface area contributed by atoms with E-state index >= 15 is 0 Å². The van der Waals surface area contributed by atoms with E-state index in [1.165, 1.54) is 24.4 Å². The summed E-state index contributed by atoms with van der Waals surface area (Å²) < 4.78 is 27.7. The summed E-state index contributed by atoms with van der Waals surface area (Å²) in [4.78, 5) is 14.3. The van der Waals surface area contributed by atoms with Crippen LogP contribution in [0.4, 0.5) is 8.78 Å². The van der Waals surface area contributed by atoms with Crippen LogP contribution in [-0.4, -0.2) is 16.1 Å². The Morgan fingerprint density at radius 1 is 1.28 bits per heavy atom. The molecule has 2 rings (SSSR count). The number of benzene rings is 1. The predicted molar refractivity (Wildman–Crippen MR) is 62.4 cm³/mol. The second-order valence-corrected chi connectivity index (χ2v) is 3.67. The van der Waals surface area contributed by atoms with Gasteiger partial charge in [-0.05, 0) is 18.2 Å². The summed E-state index contributed by atoms with van der Waals surface area (Å²) in [6.07, 6.45) is 2.32. The Kier molecular flexibility index (Phi) is 3.06. The number of fused-ring (bicyclic) bond motifs is 1. The van der Waals surface area contributed by atoms with Gasteiger partial charge in [0.15, 0.2) is 0 Å². The van der Waals surface area contributed by atoms with Crippen molar-refractivity contribution < 1.29 is 18.7 Å². The number of alkyl halides is 2. The van der Waals surface area contributed by atoms with Crippen LogP contribution in [0.1, 0.15) is 5.56 Å². The number of aromatic nitrogens is 1. The molecule has 1 aromatic carbocycles. The molecule has 0 fully saturated rings. The summed E-state index contributed by atoms with van der Waals surface area (Å²) >= 11 is 0. The van der Waals surface area contributed by atoms with Crippen LogP contribution in [-0.2, 0) is 10.7 Å². The maximum atomic E-state index is 13.9. The van der Waals surface area contributed by atoms with Crippen molar-refractivity contribution in [2.45, 2.75) is 5.92 Å². The first-order valence-corrected chi connectivity index (χ1v) is 5.15. The Labute approximate surface area is 101 Å². The molecule has 0 bridgehead atoms. The maximum absolute atomic E-state index is 13.9. The average molecular weight is 249 g/mol. The van der Waals surface area contributed by atoms with Gasteiger partial charge in [-0.1, -0.05) is 18.2 Å². The van der Waals surface area contributed by atoms with E-state index in [2.05, 4.69) is 4.98 Å². The number of nitrogens with zero attached hydrogens (tertiary/aromatic N) is 1. The van der Waals surface area contributed by atoms with Gasteiger partial charge in [0.05, 0.1) is 5.52 Å². The van der Waals surface area contributed by atoms with Gasteiger partial charge in [0, 0.05) is 23.2 Å². The molecule has 0 unspecified atom stereocenters. The smallest absolute Gasteiger partial charge is 0.328 e. The van der Waals surface area contributed by atoms with Crippen LogP contribution < -0.4 is 0 Å². The number of hydrogen-bond donors (Lipinski definition) is 1. The molecule has 18 heavy (non-hydrogen) atoms. The summed E-state index contributed by atoms with van der Waals surface area (Å²) in [6.45, 7) is 0. The number of pyridine rings is 1. The molecular weight excluding hydrogens is 240 g/mol. The number of allylic oxidation sites excluding steroid dienone is 1. The van der Waals surface area contributed by atoms with Gasteiger partial charge < -0.3 is 5.11 Å². The highest BCUT2D eigenvalue weighted by Crippen LogP contribution is 2.34. The Hall–Kier alpha value is -2.30. The minimum absolute atomic E-state index is 0.259. The minimum Gasteiger partial charge on any atom is -0.478 e. The Morgan fingerprint density at radius 3 is 2.78 bits per heavy atom. The Balaban J connectivity index is 2.56. The highest BCUT2D eigenvalue weighted by Gasteiger charge is 2.30. The van der Waals surface area contributed by atoms with Gasteiger partial charge in [-0.15, -0.1) is 0 Å². The topological polar surface area (TPSA) is 50.2 Å². The molecule has 0 aliphatic heterocycles. The van der Waals surface area contributed by atoms with Gasteiger partial charge in [0.1, 0.15) is 0 Å². The SMILES string of the molecule is O=C(O)/C=C/C(F)(F)c1cccc2ncccc12. The lowest BCUT2D eigenvalue weighted by Gasteiger charge is -2.14. The van der Waals surface area contributed by atoms with Crippen molar-refractivity contribution in [3.05, 3.63) is 54.2 Å². The number of aliphatic carboxylic acids is 1. The highest BCUT2D eigenvalue weighted by atomic mass is 19.3. The van der Waals surface area contributed by atoms with Crippen molar-refractivity contribution >= 4 is 16.9 Å². The first-order chi connectivity index (χ1) is 8.50. The molecule has 0 aliphatic carbocycles. The summed E-state index contributed by atoms with van der Waals surface area (Å²) in [7, 11) is 0. The molecule has 3 nitrogen and oxygen atoms in total. The van der Waals surface area contributed by atoms with E-state index < -0.39 is 11.9 Å². The second kappa shape index (κ2) is 4.52. The average Bonchev–Trinajstić information content (AvgIpc) is 2.36. The van der Waals surface area contributed by atoms with E-state index in [1.54, 1.807) is 12.1 Å². The summed E-state index contributed by atoms with van der Waals surface area (Å²) in [5.41, 5.74) is 0.184. The molecule has 1 N–H and O–H groups in total. The second-order valence-electron chi connectivity index (χ2n) is 3.67. The Morgan fingerprint density at radius 2 is 2.06 bits per heavy atom. The molecule has 0 amide bonds. The fourth-order valence-electron chi connectivity index (χ4n) is 1.66. The largest absolute Gasteiger partial charge is 0.478 e. The third-order valence-electron chi connectivity index (χ3n) is 2.44. The monoisotopic (exact) mass is 249 g/mol. The molecule has 0 saturated carbocycles. The van der Waals surface area contributed by atoms with Gasteiger partial charge in [-0.25, -0.2) is 4.79 Å². The van der Waals surface area contributed by atoms with E-state index in [4.69, 9.17) is 5.11 Å². The van der Waals surface area contributed by atoms with Crippen LogP contribution in [0.2, 0.25) is 0 Å². The number of hydrogen-bond acceptors (Lipinski definition) is 2. The van der Waals surface area contributed by atoms with Crippen LogP contribution in [0.3, 0.4) is 0 Å². The zero-order valence-corrected chi connectivity index (χ0v) is 9.18. The number of carbonyl (C=O) groups is 1. The fraction of sp³-hybridized carbons (Fsp3) is 0.0769. The quantitative estimate of drug-likeness (QED) is 0.851. The van der Waals surface area contributed by atoms with Crippen LogP contribution in [0.5, 0.6) is 0 Å². The molecule has 0 spiro atoms. The lowest BCUT2D eigenvalue weighted by atomic mass is 10.0. The van der Waals surface area contributed by atoms with Crippen molar-refractivity contribution in [2.75, 3.05) is 0 Å². The zero-order chi connectivity index (χ0) is 13.2. The van der Waals surface area contributed by atoms with Crippen LogP contribution >= 0.6 is 0 Å². The van der Waals surface area contributed by atoms with Gasteiger partial charge in [-0.3, -0.25) is 4.98 Å². The van der Waals surface area contributed by atoms with E-state index in [1.807, 2.05) is 0 Å². The lowest BCUT2D eigenvalue weighted by Crippen LogP contribution is -2.11. The van der Waals surface area contributed by atoms with Crippen molar-refractivity contribution in [2.24, 2.45) is 0 Å². The fourth-order valence-corrected chi connectivity index (χ4v) is 1.66. The molecule has 0 atom stereocenters. The number of carboxylic acids is 1. The van der Waals surface area contributed by atoms with Gasteiger partial charge in [0.2, 0.25) is 0 Å². The summed E-state index contributed by atoms with van der Waals surface area (Å²) in [6, 6.07) is 7.43. The predicted octanol–water partition coefficient (Wildman–Crippen LogP) is 2.97. The molecule has 0 radical (unpaired) electrons. The minimum atomic E-state index is -3.35. The molecule has 5 heteroatoms. The molecule has 0 saturated heterocycles. The van der Waals surface area contributed by atoms with Crippen molar-refractivity contribution in [1.82, 2.24) is 4.98 Å².